The van der Waals surface area contributed by atoms with Crippen LogP contribution in [0.5, 0.6) is 0 Å². The van der Waals surface area contributed by atoms with Gasteiger partial charge in [0, 0.05) is 6.04 Å². The molecule has 1 aliphatic rings. The monoisotopic (exact) mass is 151 g/mol. The fourth-order valence-corrected chi connectivity index (χ4v) is 1.03. The maximum atomic E-state index is 5.04. The highest BCUT2D eigenvalue weighted by molar-refractivity contribution is 5.20. The van der Waals surface area contributed by atoms with Crippen LogP contribution in [0.25, 0.3) is 0 Å². The topological polar surface area (TPSA) is 21.3 Å². The molecule has 1 atom stereocenters. The zero-order valence-electron chi connectivity index (χ0n) is 6.71. The van der Waals surface area contributed by atoms with E-state index in [4.69, 9.17) is 4.74 Å². The predicted molar refractivity (Wildman–Crippen MR) is 46.0 cm³/mol. The molecule has 0 aromatic carbocycles. The predicted octanol–water partition coefficient (Wildman–Crippen LogP) is 1.58. The average Bonchev–Trinajstić information content (AvgIpc) is 2.07. The van der Waals surface area contributed by atoms with Gasteiger partial charge in [0.05, 0.1) is 7.11 Å². The Morgan fingerprint density at radius 2 is 2.64 bits per heavy atom. The normalized spacial score (nSPS) is 22.3. The Labute approximate surface area is 67.2 Å². The third-order valence-corrected chi connectivity index (χ3v) is 1.63. The number of nitrogens with one attached hydrogen (secondary N) is 1. The maximum Gasteiger partial charge on any atom is 0.114 e. The molecule has 0 aliphatic heterocycles. The van der Waals surface area contributed by atoms with Crippen LogP contribution in [-0.4, -0.2) is 13.2 Å². The number of hydrogen-bond donors (Lipinski definition) is 1. The van der Waals surface area contributed by atoms with E-state index in [2.05, 4.69) is 24.0 Å². The Hall–Kier alpha value is -1.18. The number of ether oxygens (including phenoxy) is 1. The fourth-order valence-electron chi connectivity index (χ4n) is 1.03. The molecule has 2 heteroatoms. The molecule has 1 unspecified atom stereocenters. The van der Waals surface area contributed by atoms with Crippen molar-refractivity contribution in [3.63, 3.8) is 0 Å². The van der Waals surface area contributed by atoms with Gasteiger partial charge in [-0.25, -0.2) is 0 Å². The minimum absolute atomic E-state index is 0.381. The highest BCUT2D eigenvalue weighted by Gasteiger charge is 2.05. The molecule has 0 saturated carbocycles. The van der Waals surface area contributed by atoms with E-state index in [1.807, 2.05) is 6.08 Å². The Balaban J connectivity index is 2.43. The summed E-state index contributed by atoms with van der Waals surface area (Å²) in [4.78, 5) is 0. The molecule has 1 N–H and O–H groups in total. The van der Waals surface area contributed by atoms with E-state index in [1.54, 1.807) is 13.3 Å². The second-order valence-electron chi connectivity index (χ2n) is 2.38. The second-order valence-corrected chi connectivity index (χ2v) is 2.38. The molecule has 1 aliphatic carbocycles. The van der Waals surface area contributed by atoms with Gasteiger partial charge in [0.15, 0.2) is 0 Å². The molecule has 0 bridgehead atoms. The van der Waals surface area contributed by atoms with Crippen molar-refractivity contribution in [2.75, 3.05) is 7.11 Å². The first-order chi connectivity index (χ1) is 5.36. The van der Waals surface area contributed by atoms with Crippen LogP contribution in [0.15, 0.2) is 36.8 Å². The number of hydrogen-bond acceptors (Lipinski definition) is 2. The van der Waals surface area contributed by atoms with Gasteiger partial charge in [0.1, 0.15) is 5.76 Å². The van der Waals surface area contributed by atoms with Crippen LogP contribution in [-0.2, 0) is 4.74 Å². The minimum atomic E-state index is 0.381. The van der Waals surface area contributed by atoms with Crippen molar-refractivity contribution >= 4 is 0 Å². The molecule has 1 rings (SSSR count). The summed E-state index contributed by atoms with van der Waals surface area (Å²) in [7, 11) is 1.68. The maximum absolute atomic E-state index is 5.04. The largest absolute Gasteiger partial charge is 0.497 e. The molecule has 0 spiro atoms. The van der Waals surface area contributed by atoms with Gasteiger partial charge in [-0.15, -0.1) is 0 Å². The molecule has 0 amide bonds. The number of rotatable bonds is 3. The van der Waals surface area contributed by atoms with E-state index in [9.17, 15) is 0 Å². The summed E-state index contributed by atoms with van der Waals surface area (Å²) in [5.74, 6) is 0.937. The SMILES string of the molecule is C=CNC1C=CC(OC)=CC1. The molecule has 0 radical (unpaired) electrons. The van der Waals surface area contributed by atoms with E-state index in [0.717, 1.165) is 12.2 Å². The van der Waals surface area contributed by atoms with Crippen molar-refractivity contribution in [2.24, 2.45) is 0 Å². The lowest BCUT2D eigenvalue weighted by atomic mass is 10.1. The minimum Gasteiger partial charge on any atom is -0.497 e. The van der Waals surface area contributed by atoms with E-state index in [0.29, 0.717) is 6.04 Å². The van der Waals surface area contributed by atoms with Gasteiger partial charge in [0.2, 0.25) is 0 Å². The van der Waals surface area contributed by atoms with Crippen molar-refractivity contribution < 1.29 is 4.74 Å². The summed E-state index contributed by atoms with van der Waals surface area (Å²) >= 11 is 0. The smallest absolute Gasteiger partial charge is 0.114 e. The Morgan fingerprint density at radius 3 is 3.09 bits per heavy atom. The quantitative estimate of drug-likeness (QED) is 0.661. The van der Waals surface area contributed by atoms with E-state index >= 15 is 0 Å². The Kier molecular flexibility index (Phi) is 2.78. The van der Waals surface area contributed by atoms with Crippen LogP contribution < -0.4 is 5.32 Å². The summed E-state index contributed by atoms with van der Waals surface area (Å²) in [6.07, 6.45) is 8.76. The van der Waals surface area contributed by atoms with Gasteiger partial charge < -0.3 is 10.1 Å². The number of allylic oxidation sites excluding steroid dienone is 1. The number of methoxy groups -OCH3 is 1. The zero-order valence-corrected chi connectivity index (χ0v) is 6.71. The highest BCUT2D eigenvalue weighted by Crippen LogP contribution is 2.10. The van der Waals surface area contributed by atoms with Crippen LogP contribution in [0.3, 0.4) is 0 Å². The van der Waals surface area contributed by atoms with E-state index in [-0.39, 0.29) is 0 Å². The molecular formula is C9H13NO. The molecule has 2 nitrogen and oxygen atoms in total. The van der Waals surface area contributed by atoms with Crippen LogP contribution in [0, 0.1) is 0 Å². The van der Waals surface area contributed by atoms with Gasteiger partial charge in [-0.3, -0.25) is 0 Å². The standard InChI is InChI=1S/C9H13NO/c1-3-10-8-4-6-9(11-2)7-5-8/h3-4,6-8,10H,1,5H2,2H3. The van der Waals surface area contributed by atoms with Gasteiger partial charge in [-0.05, 0) is 24.8 Å². The molecule has 11 heavy (non-hydrogen) atoms. The van der Waals surface area contributed by atoms with Crippen molar-refractivity contribution in [3.8, 4) is 0 Å². The molecule has 0 aromatic rings. The summed E-state index contributed by atoms with van der Waals surface area (Å²) in [5.41, 5.74) is 0. The first-order valence-electron chi connectivity index (χ1n) is 3.66. The average molecular weight is 151 g/mol. The van der Waals surface area contributed by atoms with E-state index < -0.39 is 0 Å². The zero-order chi connectivity index (χ0) is 8.10. The Bertz CT molecular complexity index is 194. The van der Waals surface area contributed by atoms with Crippen molar-refractivity contribution in [2.45, 2.75) is 12.5 Å². The lowest BCUT2D eigenvalue weighted by Crippen LogP contribution is -2.22. The van der Waals surface area contributed by atoms with Crippen LogP contribution in [0.4, 0.5) is 0 Å². The second kappa shape index (κ2) is 3.86. The summed E-state index contributed by atoms with van der Waals surface area (Å²) in [6, 6.07) is 0.381. The highest BCUT2D eigenvalue weighted by atomic mass is 16.5. The summed E-state index contributed by atoms with van der Waals surface area (Å²) < 4.78 is 5.04. The van der Waals surface area contributed by atoms with Gasteiger partial charge >= 0.3 is 0 Å². The van der Waals surface area contributed by atoms with Gasteiger partial charge in [-0.2, -0.15) is 0 Å². The summed E-state index contributed by atoms with van der Waals surface area (Å²) in [5, 5.41) is 3.11. The fraction of sp³-hybridized carbons (Fsp3) is 0.333. The van der Waals surface area contributed by atoms with Gasteiger partial charge in [-0.1, -0.05) is 12.7 Å². The third-order valence-electron chi connectivity index (χ3n) is 1.63. The molecule has 0 aromatic heterocycles. The lowest BCUT2D eigenvalue weighted by molar-refractivity contribution is 0.302. The molecular weight excluding hydrogens is 138 g/mol. The Morgan fingerprint density at radius 1 is 1.82 bits per heavy atom. The van der Waals surface area contributed by atoms with Crippen molar-refractivity contribution in [1.82, 2.24) is 5.32 Å². The molecule has 0 heterocycles. The molecule has 60 valence electrons. The van der Waals surface area contributed by atoms with Crippen LogP contribution >= 0.6 is 0 Å². The molecule has 0 fully saturated rings. The lowest BCUT2D eigenvalue weighted by Gasteiger charge is -2.15. The van der Waals surface area contributed by atoms with Crippen LogP contribution in [0.1, 0.15) is 6.42 Å². The first-order valence-corrected chi connectivity index (χ1v) is 3.66. The van der Waals surface area contributed by atoms with E-state index in [1.165, 1.54) is 0 Å². The third kappa shape index (κ3) is 2.15. The molecule has 0 saturated heterocycles. The van der Waals surface area contributed by atoms with Crippen molar-refractivity contribution in [1.29, 1.82) is 0 Å². The van der Waals surface area contributed by atoms with Gasteiger partial charge in [0.25, 0.3) is 0 Å². The van der Waals surface area contributed by atoms with Crippen molar-refractivity contribution in [3.05, 3.63) is 36.8 Å². The first kappa shape index (κ1) is 7.92. The summed E-state index contributed by atoms with van der Waals surface area (Å²) in [6.45, 7) is 3.60. The van der Waals surface area contributed by atoms with Crippen LogP contribution in [0.2, 0.25) is 0 Å².